The van der Waals surface area contributed by atoms with E-state index in [2.05, 4.69) is 24.0 Å². The Kier molecular flexibility index (Phi) is 4.87. The molecule has 0 radical (unpaired) electrons. The Bertz CT molecular complexity index is 575. The number of fused-ring (bicyclic) bond motifs is 1. The number of benzene rings is 1. The van der Waals surface area contributed by atoms with Crippen LogP contribution in [0.3, 0.4) is 0 Å². The lowest BCUT2D eigenvalue weighted by Gasteiger charge is -2.41. The molecule has 23 heavy (non-hydrogen) atoms. The van der Waals surface area contributed by atoms with E-state index in [9.17, 15) is 4.79 Å². The van der Waals surface area contributed by atoms with E-state index in [1.807, 2.05) is 18.0 Å². The number of methoxy groups -OCH3 is 1. The van der Waals surface area contributed by atoms with Gasteiger partial charge in [0, 0.05) is 32.1 Å². The van der Waals surface area contributed by atoms with Crippen molar-refractivity contribution in [3.63, 3.8) is 0 Å². The Balaban J connectivity index is 1.69. The maximum Gasteiger partial charge on any atom is 0.248 e. The highest BCUT2D eigenvalue weighted by atomic mass is 16.5. The molecule has 2 saturated heterocycles. The number of carbonyl (C=O) groups is 1. The Hall–Kier alpha value is -1.59. The van der Waals surface area contributed by atoms with Crippen LogP contribution in [0.15, 0.2) is 18.2 Å². The molecule has 126 valence electrons. The lowest BCUT2D eigenvalue weighted by atomic mass is 9.91. The Morgan fingerprint density at radius 1 is 1.39 bits per heavy atom. The fourth-order valence-corrected chi connectivity index (χ4v) is 3.62. The van der Waals surface area contributed by atoms with Crippen molar-refractivity contribution in [2.75, 3.05) is 40.5 Å². The number of piperidine rings is 1. The van der Waals surface area contributed by atoms with E-state index in [-0.39, 0.29) is 18.6 Å². The van der Waals surface area contributed by atoms with E-state index in [4.69, 9.17) is 9.47 Å². The molecule has 2 aliphatic heterocycles. The van der Waals surface area contributed by atoms with Crippen LogP contribution >= 0.6 is 0 Å². The minimum atomic E-state index is 0.0972. The number of ether oxygens (including phenoxy) is 2. The molecule has 3 rings (SSSR count). The second kappa shape index (κ2) is 6.89. The molecule has 5 nitrogen and oxygen atoms in total. The van der Waals surface area contributed by atoms with Crippen LogP contribution in [0.5, 0.6) is 5.75 Å². The maximum atomic E-state index is 12.0. The number of carbonyl (C=O) groups excluding carboxylic acids is 1. The summed E-state index contributed by atoms with van der Waals surface area (Å²) in [6, 6.07) is 6.50. The summed E-state index contributed by atoms with van der Waals surface area (Å²) in [7, 11) is 3.61. The first-order valence-corrected chi connectivity index (χ1v) is 8.27. The fraction of sp³-hybridized carbons (Fsp3) is 0.611. The molecular weight excluding hydrogens is 292 g/mol. The van der Waals surface area contributed by atoms with Gasteiger partial charge in [-0.15, -0.1) is 0 Å². The molecule has 0 N–H and O–H groups in total. The first-order chi connectivity index (χ1) is 11.1. The number of likely N-dealkylation sites (tertiary alicyclic amines) is 1. The zero-order valence-corrected chi connectivity index (χ0v) is 14.2. The molecule has 2 aliphatic rings. The molecule has 0 saturated carbocycles. The van der Waals surface area contributed by atoms with E-state index in [0.29, 0.717) is 12.5 Å². The fourth-order valence-electron chi connectivity index (χ4n) is 3.62. The first kappa shape index (κ1) is 16.3. The van der Waals surface area contributed by atoms with Crippen molar-refractivity contribution in [2.24, 2.45) is 5.92 Å². The van der Waals surface area contributed by atoms with Gasteiger partial charge in [-0.25, -0.2) is 0 Å². The second-order valence-electron chi connectivity index (χ2n) is 6.66. The van der Waals surface area contributed by atoms with E-state index in [1.165, 1.54) is 11.1 Å². The monoisotopic (exact) mass is 318 g/mol. The van der Waals surface area contributed by atoms with Gasteiger partial charge in [0.15, 0.2) is 0 Å². The van der Waals surface area contributed by atoms with Crippen molar-refractivity contribution in [1.29, 1.82) is 0 Å². The highest BCUT2D eigenvalue weighted by Crippen LogP contribution is 2.26. The van der Waals surface area contributed by atoms with Crippen molar-refractivity contribution in [3.8, 4) is 5.75 Å². The number of rotatable bonds is 3. The number of nitrogens with zero attached hydrogens (tertiary/aromatic N) is 2. The van der Waals surface area contributed by atoms with Gasteiger partial charge in [0.1, 0.15) is 12.4 Å². The Morgan fingerprint density at radius 2 is 2.22 bits per heavy atom. The van der Waals surface area contributed by atoms with Crippen LogP contribution < -0.4 is 4.74 Å². The topological polar surface area (TPSA) is 42.0 Å². The Labute approximate surface area is 138 Å². The van der Waals surface area contributed by atoms with Gasteiger partial charge in [0.25, 0.3) is 0 Å². The number of aryl methyl sites for hydroxylation is 1. The van der Waals surface area contributed by atoms with Gasteiger partial charge in [-0.3, -0.25) is 9.69 Å². The normalized spacial score (nSPS) is 25.9. The average molecular weight is 318 g/mol. The van der Waals surface area contributed by atoms with Gasteiger partial charge in [-0.2, -0.15) is 0 Å². The predicted molar refractivity (Wildman–Crippen MR) is 88.5 cm³/mol. The van der Waals surface area contributed by atoms with Crippen LogP contribution in [0, 0.1) is 12.8 Å². The number of amides is 1. The van der Waals surface area contributed by atoms with E-state index in [0.717, 1.165) is 31.8 Å². The zero-order valence-electron chi connectivity index (χ0n) is 14.2. The van der Waals surface area contributed by atoms with Gasteiger partial charge >= 0.3 is 0 Å². The molecule has 0 aliphatic carbocycles. The van der Waals surface area contributed by atoms with Gasteiger partial charge in [-0.1, -0.05) is 6.07 Å². The van der Waals surface area contributed by atoms with Gasteiger partial charge in [0.2, 0.25) is 5.91 Å². The highest BCUT2D eigenvalue weighted by molar-refractivity contribution is 5.77. The zero-order chi connectivity index (χ0) is 16.4. The van der Waals surface area contributed by atoms with Gasteiger partial charge in [-0.05, 0) is 43.1 Å². The molecule has 2 fully saturated rings. The number of hydrogen-bond donors (Lipinski definition) is 0. The van der Waals surface area contributed by atoms with Gasteiger partial charge in [0.05, 0.1) is 13.7 Å². The summed E-state index contributed by atoms with van der Waals surface area (Å²) in [5, 5.41) is 0. The minimum Gasteiger partial charge on any atom is -0.497 e. The van der Waals surface area contributed by atoms with Crippen LogP contribution in [0.25, 0.3) is 0 Å². The lowest BCUT2D eigenvalue weighted by Crippen LogP contribution is -2.52. The standard InChI is InChI=1S/C18H26N2O3/c1-13-8-16(22-3)5-4-14(13)9-20-7-6-15-11-23-12-18(21)19(2)17(15)10-20/h4-5,8,15,17H,6-7,9-12H2,1-3H3/t15-,17-/m0/s1. The summed E-state index contributed by atoms with van der Waals surface area (Å²) in [6.07, 6.45) is 1.08. The van der Waals surface area contributed by atoms with Crippen LogP contribution in [0.4, 0.5) is 0 Å². The number of hydrogen-bond acceptors (Lipinski definition) is 4. The van der Waals surface area contributed by atoms with Crippen LogP contribution in [0.1, 0.15) is 17.5 Å². The minimum absolute atomic E-state index is 0.0972. The molecule has 0 spiro atoms. The van der Waals surface area contributed by atoms with E-state index in [1.54, 1.807) is 7.11 Å². The molecule has 2 heterocycles. The van der Waals surface area contributed by atoms with Crippen molar-refractivity contribution in [3.05, 3.63) is 29.3 Å². The molecule has 0 unspecified atom stereocenters. The quantitative estimate of drug-likeness (QED) is 0.850. The third kappa shape index (κ3) is 3.51. The van der Waals surface area contributed by atoms with Crippen LogP contribution in [0.2, 0.25) is 0 Å². The Morgan fingerprint density at radius 3 is 2.96 bits per heavy atom. The summed E-state index contributed by atoms with van der Waals surface area (Å²) in [5.74, 6) is 1.45. The molecular formula is C18H26N2O3. The lowest BCUT2D eigenvalue weighted by molar-refractivity contribution is -0.134. The summed E-state index contributed by atoms with van der Waals surface area (Å²) in [6.45, 7) is 5.94. The SMILES string of the molecule is COc1ccc(CN2CC[C@H]3COCC(=O)N(C)[C@H]3C2)c(C)c1. The maximum absolute atomic E-state index is 12.0. The summed E-state index contributed by atoms with van der Waals surface area (Å²) < 4.78 is 10.8. The molecule has 1 aromatic carbocycles. The second-order valence-corrected chi connectivity index (χ2v) is 6.66. The summed E-state index contributed by atoms with van der Waals surface area (Å²) in [4.78, 5) is 16.4. The summed E-state index contributed by atoms with van der Waals surface area (Å²) in [5.41, 5.74) is 2.57. The van der Waals surface area contributed by atoms with Crippen molar-refractivity contribution in [1.82, 2.24) is 9.80 Å². The molecule has 1 aromatic rings. The largest absolute Gasteiger partial charge is 0.497 e. The predicted octanol–water partition coefficient (Wildman–Crippen LogP) is 1.68. The van der Waals surface area contributed by atoms with E-state index < -0.39 is 0 Å². The third-order valence-corrected chi connectivity index (χ3v) is 5.20. The average Bonchev–Trinajstić information content (AvgIpc) is 2.69. The molecule has 0 aromatic heterocycles. The third-order valence-electron chi connectivity index (χ3n) is 5.20. The van der Waals surface area contributed by atoms with Crippen molar-refractivity contribution in [2.45, 2.75) is 25.9 Å². The molecule has 1 amide bonds. The molecule has 2 atom stereocenters. The van der Waals surface area contributed by atoms with Crippen molar-refractivity contribution < 1.29 is 14.3 Å². The van der Waals surface area contributed by atoms with Crippen LogP contribution in [-0.4, -0.2) is 62.2 Å². The first-order valence-electron chi connectivity index (χ1n) is 8.27. The van der Waals surface area contributed by atoms with Crippen LogP contribution in [-0.2, 0) is 16.1 Å². The van der Waals surface area contributed by atoms with Crippen molar-refractivity contribution >= 4 is 5.91 Å². The van der Waals surface area contributed by atoms with E-state index >= 15 is 0 Å². The highest BCUT2D eigenvalue weighted by Gasteiger charge is 2.36. The molecule has 5 heteroatoms. The smallest absolute Gasteiger partial charge is 0.248 e. The van der Waals surface area contributed by atoms with Gasteiger partial charge < -0.3 is 14.4 Å². The summed E-state index contributed by atoms with van der Waals surface area (Å²) >= 11 is 0. The number of likely N-dealkylation sites (N-methyl/N-ethyl adjacent to an activating group) is 1. The molecule has 0 bridgehead atoms.